The first-order valence-corrected chi connectivity index (χ1v) is 7.20. The van der Waals surface area contributed by atoms with E-state index in [-0.39, 0.29) is 0 Å². The summed E-state index contributed by atoms with van der Waals surface area (Å²) in [6.07, 6.45) is 0.888. The van der Waals surface area contributed by atoms with Crippen LogP contribution >= 0.6 is 15.9 Å². The van der Waals surface area contributed by atoms with Crippen molar-refractivity contribution in [1.82, 2.24) is 0 Å². The number of rotatable bonds is 4. The fourth-order valence-electron chi connectivity index (χ4n) is 2.29. The van der Waals surface area contributed by atoms with E-state index in [1.54, 1.807) is 0 Å². The van der Waals surface area contributed by atoms with Crippen LogP contribution in [0.4, 0.5) is 11.4 Å². The molecule has 0 aliphatic carbocycles. The maximum atomic E-state index is 5.71. The fourth-order valence-corrected chi connectivity index (χ4v) is 2.63. The quantitative estimate of drug-likeness (QED) is 0.922. The number of hydrogen-bond acceptors (Lipinski definition) is 2. The van der Waals surface area contributed by atoms with Gasteiger partial charge in [0.15, 0.2) is 0 Å². The van der Waals surface area contributed by atoms with Gasteiger partial charge in [0.25, 0.3) is 0 Å². The van der Waals surface area contributed by atoms with Gasteiger partial charge in [0.05, 0.1) is 0 Å². The van der Waals surface area contributed by atoms with Crippen LogP contribution in [0.1, 0.15) is 11.1 Å². The van der Waals surface area contributed by atoms with E-state index in [0.29, 0.717) is 6.54 Å². The van der Waals surface area contributed by atoms with Gasteiger partial charge in [-0.2, -0.15) is 0 Å². The lowest BCUT2D eigenvalue weighted by atomic mass is 10.1. The summed E-state index contributed by atoms with van der Waals surface area (Å²) in [4.78, 5) is 2.23. The van der Waals surface area contributed by atoms with Crippen LogP contribution in [0.3, 0.4) is 0 Å². The van der Waals surface area contributed by atoms with E-state index >= 15 is 0 Å². The highest BCUT2D eigenvalue weighted by atomic mass is 79.9. The Labute approximate surface area is 123 Å². The molecule has 0 unspecified atom stereocenters. The largest absolute Gasteiger partial charge is 0.344 e. The molecule has 0 amide bonds. The number of aryl methyl sites for hydroxylation is 1. The third-order valence-corrected chi connectivity index (χ3v) is 3.79. The van der Waals surface area contributed by atoms with Crippen LogP contribution in [0.5, 0.6) is 0 Å². The van der Waals surface area contributed by atoms with Crippen LogP contribution in [-0.2, 0) is 6.42 Å². The van der Waals surface area contributed by atoms with Crippen molar-refractivity contribution in [2.75, 3.05) is 18.5 Å². The van der Waals surface area contributed by atoms with E-state index in [1.165, 1.54) is 22.5 Å². The summed E-state index contributed by atoms with van der Waals surface area (Å²) in [5, 5.41) is 0. The molecule has 2 aromatic rings. The van der Waals surface area contributed by atoms with E-state index in [1.807, 2.05) is 0 Å². The maximum absolute atomic E-state index is 5.71. The van der Waals surface area contributed by atoms with E-state index in [2.05, 4.69) is 77.3 Å². The molecule has 0 heterocycles. The Morgan fingerprint density at radius 2 is 1.84 bits per heavy atom. The smallest absolute Gasteiger partial charge is 0.0452 e. The highest BCUT2D eigenvalue weighted by Gasteiger charge is 2.11. The highest BCUT2D eigenvalue weighted by Crippen LogP contribution is 2.31. The second kappa shape index (κ2) is 6.22. The molecule has 2 nitrogen and oxygen atoms in total. The number of benzene rings is 2. The monoisotopic (exact) mass is 318 g/mol. The van der Waals surface area contributed by atoms with Gasteiger partial charge >= 0.3 is 0 Å². The third kappa shape index (κ3) is 3.17. The van der Waals surface area contributed by atoms with Crippen molar-refractivity contribution >= 4 is 27.3 Å². The molecule has 100 valence electrons. The molecule has 0 bridgehead atoms. The van der Waals surface area contributed by atoms with Gasteiger partial charge in [0, 0.05) is 22.9 Å². The van der Waals surface area contributed by atoms with Crippen molar-refractivity contribution in [1.29, 1.82) is 0 Å². The van der Waals surface area contributed by atoms with Gasteiger partial charge in [-0.3, -0.25) is 0 Å². The molecule has 0 aliphatic rings. The predicted molar refractivity (Wildman–Crippen MR) is 86.1 cm³/mol. The Hall–Kier alpha value is -1.32. The molecule has 0 atom stereocenters. The van der Waals surface area contributed by atoms with Crippen molar-refractivity contribution < 1.29 is 0 Å². The zero-order valence-corrected chi connectivity index (χ0v) is 12.9. The number of nitrogens with two attached hydrogens (primary N) is 1. The molecule has 19 heavy (non-hydrogen) atoms. The Morgan fingerprint density at radius 1 is 1.11 bits per heavy atom. The van der Waals surface area contributed by atoms with E-state index in [0.717, 1.165) is 10.9 Å². The number of hydrogen-bond donors (Lipinski definition) is 1. The van der Waals surface area contributed by atoms with Crippen molar-refractivity contribution in [2.45, 2.75) is 13.3 Å². The third-order valence-electron chi connectivity index (χ3n) is 3.30. The van der Waals surface area contributed by atoms with Crippen LogP contribution in [-0.4, -0.2) is 13.6 Å². The second-order valence-corrected chi connectivity index (χ2v) is 5.57. The van der Waals surface area contributed by atoms with Crippen LogP contribution in [0, 0.1) is 6.92 Å². The SMILES string of the molecule is Cc1ccccc1N(C)c1cc(Br)ccc1CCN. The van der Waals surface area contributed by atoms with Gasteiger partial charge in [-0.25, -0.2) is 0 Å². The lowest BCUT2D eigenvalue weighted by molar-refractivity contribution is 0.960. The molecule has 0 saturated carbocycles. The van der Waals surface area contributed by atoms with Crippen LogP contribution in [0.15, 0.2) is 46.9 Å². The Bertz CT molecular complexity index is 566. The molecule has 0 fully saturated rings. The number of nitrogens with zero attached hydrogens (tertiary/aromatic N) is 1. The number of halogens is 1. The lowest BCUT2D eigenvalue weighted by Crippen LogP contribution is -2.14. The van der Waals surface area contributed by atoms with Crippen molar-refractivity contribution in [3.8, 4) is 0 Å². The second-order valence-electron chi connectivity index (χ2n) is 4.66. The first kappa shape index (κ1) is 14.1. The zero-order chi connectivity index (χ0) is 13.8. The van der Waals surface area contributed by atoms with Crippen molar-refractivity contribution in [3.05, 3.63) is 58.1 Å². The first-order chi connectivity index (χ1) is 9.13. The van der Waals surface area contributed by atoms with Crippen LogP contribution < -0.4 is 10.6 Å². The van der Waals surface area contributed by atoms with Crippen molar-refractivity contribution in [2.24, 2.45) is 5.73 Å². The highest BCUT2D eigenvalue weighted by molar-refractivity contribution is 9.10. The molecular formula is C16H19BrN2. The molecule has 2 aromatic carbocycles. The normalized spacial score (nSPS) is 10.5. The fraction of sp³-hybridized carbons (Fsp3) is 0.250. The summed E-state index contributed by atoms with van der Waals surface area (Å²) in [6, 6.07) is 14.8. The standard InChI is InChI=1S/C16H19BrN2/c1-12-5-3-4-6-15(12)19(2)16-11-14(17)8-7-13(16)9-10-18/h3-8,11H,9-10,18H2,1-2H3. The predicted octanol–water partition coefficient (Wildman–Crippen LogP) is 4.03. The van der Waals surface area contributed by atoms with Gasteiger partial charge < -0.3 is 10.6 Å². The number of para-hydroxylation sites is 1. The molecule has 0 saturated heterocycles. The van der Waals surface area contributed by atoms with E-state index < -0.39 is 0 Å². The molecule has 0 spiro atoms. The van der Waals surface area contributed by atoms with Gasteiger partial charge in [0.1, 0.15) is 0 Å². The van der Waals surface area contributed by atoms with Gasteiger partial charge in [-0.1, -0.05) is 40.2 Å². The topological polar surface area (TPSA) is 29.3 Å². The molecule has 2 rings (SSSR count). The summed E-state index contributed by atoms with van der Waals surface area (Å²) < 4.78 is 1.09. The summed E-state index contributed by atoms with van der Waals surface area (Å²) >= 11 is 3.55. The molecule has 0 radical (unpaired) electrons. The van der Waals surface area contributed by atoms with E-state index in [9.17, 15) is 0 Å². The van der Waals surface area contributed by atoms with Crippen molar-refractivity contribution in [3.63, 3.8) is 0 Å². The maximum Gasteiger partial charge on any atom is 0.0452 e. The minimum Gasteiger partial charge on any atom is -0.344 e. The van der Waals surface area contributed by atoms with Crippen LogP contribution in [0.2, 0.25) is 0 Å². The Morgan fingerprint density at radius 3 is 2.53 bits per heavy atom. The van der Waals surface area contributed by atoms with Crippen LogP contribution in [0.25, 0.3) is 0 Å². The minimum atomic E-state index is 0.663. The molecule has 0 aliphatic heterocycles. The average Bonchev–Trinajstić information content (AvgIpc) is 2.41. The summed E-state index contributed by atoms with van der Waals surface area (Å²) in [7, 11) is 2.10. The average molecular weight is 319 g/mol. The Balaban J connectivity index is 2.45. The van der Waals surface area contributed by atoms with Gasteiger partial charge in [-0.05, 0) is 49.2 Å². The summed E-state index contributed by atoms with van der Waals surface area (Å²) in [6.45, 7) is 2.79. The summed E-state index contributed by atoms with van der Waals surface area (Å²) in [5.74, 6) is 0. The lowest BCUT2D eigenvalue weighted by Gasteiger charge is -2.24. The zero-order valence-electron chi connectivity index (χ0n) is 11.4. The van der Waals surface area contributed by atoms with Gasteiger partial charge in [0.2, 0.25) is 0 Å². The Kier molecular flexibility index (Phi) is 4.61. The van der Waals surface area contributed by atoms with E-state index in [4.69, 9.17) is 5.73 Å². The minimum absolute atomic E-state index is 0.663. The summed E-state index contributed by atoms with van der Waals surface area (Å²) in [5.41, 5.74) is 10.7. The number of anilines is 2. The molecular weight excluding hydrogens is 300 g/mol. The molecule has 2 N–H and O–H groups in total. The molecule has 0 aromatic heterocycles. The van der Waals surface area contributed by atoms with Gasteiger partial charge in [-0.15, -0.1) is 0 Å². The first-order valence-electron chi connectivity index (χ1n) is 6.41. The molecule has 3 heteroatoms.